The minimum Gasteiger partial charge on any atom is -0.320 e. The molecule has 7 heteroatoms. The van der Waals surface area contributed by atoms with Gasteiger partial charge in [0.05, 0.1) is 0 Å². The van der Waals surface area contributed by atoms with E-state index in [0.29, 0.717) is 10.0 Å². The maximum Gasteiger partial charge on any atom is 0.147 e. The minimum absolute atomic E-state index is 0.149. The van der Waals surface area contributed by atoms with Crippen LogP contribution in [0.15, 0.2) is 54.9 Å². The number of piperazine rings is 1. The molecule has 0 N–H and O–H groups in total. The van der Waals surface area contributed by atoms with E-state index in [-0.39, 0.29) is 12.0 Å². The normalized spacial score (nSPS) is 21.3. The highest BCUT2D eigenvalue weighted by atomic mass is 35.5. The molecule has 2 heterocycles. The van der Waals surface area contributed by atoms with Gasteiger partial charge >= 0.3 is 0 Å². The Kier molecular flexibility index (Phi) is 5.28. The molecule has 0 aromatic heterocycles. The summed E-state index contributed by atoms with van der Waals surface area (Å²) in [7, 11) is 2.13. The summed E-state index contributed by atoms with van der Waals surface area (Å²) in [6.07, 6.45) is 3.93. The van der Waals surface area contributed by atoms with Crippen molar-refractivity contribution in [2.24, 2.45) is 0 Å². The number of nitrogens with zero attached hydrogens (tertiary/aromatic N) is 4. The second kappa shape index (κ2) is 7.68. The zero-order valence-corrected chi connectivity index (χ0v) is 16.5. The van der Waals surface area contributed by atoms with Crippen molar-refractivity contribution in [3.8, 4) is 0 Å². The van der Waals surface area contributed by atoms with Crippen LogP contribution in [0, 0.1) is 5.82 Å². The molecule has 0 aliphatic carbocycles. The number of rotatable bonds is 3. The maximum atomic E-state index is 13.4. The second-order valence-electron chi connectivity index (χ2n) is 6.86. The highest BCUT2D eigenvalue weighted by molar-refractivity contribution is 6.35. The Morgan fingerprint density at radius 3 is 2.30 bits per heavy atom. The van der Waals surface area contributed by atoms with Gasteiger partial charge in [-0.2, -0.15) is 0 Å². The quantitative estimate of drug-likeness (QED) is 0.738. The lowest BCUT2D eigenvalue weighted by Crippen LogP contribution is -2.52. The number of hydrazine groups is 1. The van der Waals surface area contributed by atoms with Gasteiger partial charge in [-0.25, -0.2) is 9.40 Å². The third-order valence-electron chi connectivity index (χ3n) is 5.07. The first-order chi connectivity index (χ1) is 13.0. The van der Waals surface area contributed by atoms with Gasteiger partial charge in [0.1, 0.15) is 12.0 Å². The van der Waals surface area contributed by atoms with E-state index in [4.69, 9.17) is 23.2 Å². The van der Waals surface area contributed by atoms with Crippen LogP contribution in [0.2, 0.25) is 10.0 Å². The summed E-state index contributed by atoms with van der Waals surface area (Å²) in [4.78, 5) is 4.42. The zero-order chi connectivity index (χ0) is 19.0. The number of benzene rings is 2. The van der Waals surface area contributed by atoms with Crippen molar-refractivity contribution < 1.29 is 4.39 Å². The molecule has 2 aromatic rings. The lowest BCUT2D eigenvalue weighted by atomic mass is 10.1. The Morgan fingerprint density at radius 2 is 1.63 bits per heavy atom. The van der Waals surface area contributed by atoms with Crippen LogP contribution in [0.25, 0.3) is 0 Å². The molecule has 2 aliphatic rings. The highest BCUT2D eigenvalue weighted by Crippen LogP contribution is 2.40. The molecule has 1 saturated heterocycles. The fraction of sp³-hybridized carbons (Fsp3) is 0.300. The third kappa shape index (κ3) is 3.78. The first-order valence-corrected chi connectivity index (χ1v) is 9.67. The second-order valence-corrected chi connectivity index (χ2v) is 7.70. The Hall–Kier alpha value is -1.79. The van der Waals surface area contributed by atoms with E-state index in [1.165, 1.54) is 12.1 Å². The highest BCUT2D eigenvalue weighted by Gasteiger charge is 2.35. The Balaban J connectivity index is 1.71. The lowest BCUT2D eigenvalue weighted by molar-refractivity contribution is -0.0374. The molecule has 142 valence electrons. The van der Waals surface area contributed by atoms with Crippen molar-refractivity contribution in [3.63, 3.8) is 0 Å². The fourth-order valence-corrected chi connectivity index (χ4v) is 4.06. The van der Waals surface area contributed by atoms with Crippen molar-refractivity contribution in [1.82, 2.24) is 14.9 Å². The predicted molar refractivity (Wildman–Crippen MR) is 108 cm³/mol. The maximum absolute atomic E-state index is 13.4. The molecule has 2 aliphatic heterocycles. The van der Waals surface area contributed by atoms with E-state index in [9.17, 15) is 4.39 Å². The molecule has 0 radical (unpaired) electrons. The van der Waals surface area contributed by atoms with Crippen molar-refractivity contribution in [3.05, 3.63) is 76.3 Å². The molecule has 4 nitrogen and oxygen atoms in total. The average Bonchev–Trinajstić information content (AvgIpc) is 3.08. The summed E-state index contributed by atoms with van der Waals surface area (Å²) in [5, 5.41) is 5.76. The van der Waals surface area contributed by atoms with Gasteiger partial charge in [-0.15, -0.1) is 0 Å². The van der Waals surface area contributed by atoms with Crippen LogP contribution in [-0.2, 0) is 0 Å². The number of hydrogen-bond acceptors (Lipinski definition) is 4. The number of likely N-dealkylation sites (N-methyl/N-ethyl adjacent to an activating group) is 1. The van der Waals surface area contributed by atoms with Crippen LogP contribution in [0.3, 0.4) is 0 Å². The van der Waals surface area contributed by atoms with Gasteiger partial charge in [0.15, 0.2) is 0 Å². The molecule has 1 unspecified atom stereocenters. The molecule has 0 spiro atoms. The topological polar surface area (TPSA) is 13.0 Å². The number of anilines is 1. The van der Waals surface area contributed by atoms with Crippen LogP contribution in [-0.4, -0.2) is 48.1 Å². The summed E-state index contributed by atoms with van der Waals surface area (Å²) in [5.74, 6) is -0.251. The summed E-state index contributed by atoms with van der Waals surface area (Å²) < 4.78 is 13.4. The fourth-order valence-electron chi connectivity index (χ4n) is 3.55. The van der Waals surface area contributed by atoms with Crippen LogP contribution in [0.4, 0.5) is 10.1 Å². The Bertz CT molecular complexity index is 834. The summed E-state index contributed by atoms with van der Waals surface area (Å²) in [6, 6.07) is 12.1. The molecule has 0 bridgehead atoms. The van der Waals surface area contributed by atoms with Gasteiger partial charge < -0.3 is 9.80 Å². The van der Waals surface area contributed by atoms with Gasteiger partial charge in [-0.3, -0.25) is 5.01 Å². The Morgan fingerprint density at radius 1 is 0.926 bits per heavy atom. The van der Waals surface area contributed by atoms with Crippen molar-refractivity contribution >= 4 is 28.9 Å². The van der Waals surface area contributed by atoms with Gasteiger partial charge in [0.25, 0.3) is 0 Å². The van der Waals surface area contributed by atoms with E-state index in [1.807, 2.05) is 18.3 Å². The van der Waals surface area contributed by atoms with Gasteiger partial charge in [0.2, 0.25) is 0 Å². The van der Waals surface area contributed by atoms with Crippen molar-refractivity contribution in [2.75, 3.05) is 38.1 Å². The molecule has 2 aromatic carbocycles. The summed E-state index contributed by atoms with van der Waals surface area (Å²) >= 11 is 12.7. The smallest absolute Gasteiger partial charge is 0.147 e. The standard InChI is InChI=1S/C20H21Cl2FN4/c1-24-8-10-25(11-9-24)27-13-12-26(17-5-3-16(23)4-6-17)20(27)18-7-2-15(21)14-19(18)22/h2-7,12-14,20H,8-11H2,1H3. The van der Waals surface area contributed by atoms with E-state index in [0.717, 1.165) is 37.4 Å². The number of hydrogen-bond donors (Lipinski definition) is 0. The molecule has 27 heavy (non-hydrogen) atoms. The average molecular weight is 407 g/mol. The molecule has 1 atom stereocenters. The molecule has 0 saturated carbocycles. The summed E-state index contributed by atoms with van der Waals surface area (Å²) in [6.45, 7) is 3.86. The van der Waals surface area contributed by atoms with Crippen LogP contribution >= 0.6 is 23.2 Å². The van der Waals surface area contributed by atoms with Gasteiger partial charge in [-0.05, 0) is 43.4 Å². The minimum atomic E-state index is -0.251. The third-order valence-corrected chi connectivity index (χ3v) is 5.63. The predicted octanol–water partition coefficient (Wildman–Crippen LogP) is 4.59. The van der Waals surface area contributed by atoms with Crippen LogP contribution in [0.5, 0.6) is 0 Å². The molecular weight excluding hydrogens is 386 g/mol. The van der Waals surface area contributed by atoms with E-state index < -0.39 is 0 Å². The molecule has 1 fully saturated rings. The van der Waals surface area contributed by atoms with Crippen molar-refractivity contribution in [2.45, 2.75) is 6.17 Å². The SMILES string of the molecule is CN1CCN(N2C=CN(c3ccc(F)cc3)C2c2ccc(Cl)cc2Cl)CC1. The van der Waals surface area contributed by atoms with Gasteiger partial charge in [-0.1, -0.05) is 29.3 Å². The van der Waals surface area contributed by atoms with Crippen LogP contribution in [0.1, 0.15) is 11.7 Å². The van der Waals surface area contributed by atoms with E-state index in [2.05, 4.69) is 33.1 Å². The van der Waals surface area contributed by atoms with Gasteiger partial charge in [0, 0.05) is 59.9 Å². The van der Waals surface area contributed by atoms with E-state index >= 15 is 0 Å². The number of halogens is 3. The summed E-state index contributed by atoms with van der Waals surface area (Å²) in [5.41, 5.74) is 1.86. The molecular formula is C20H21Cl2FN4. The van der Waals surface area contributed by atoms with E-state index in [1.54, 1.807) is 18.2 Å². The largest absolute Gasteiger partial charge is 0.320 e. The zero-order valence-electron chi connectivity index (χ0n) is 15.0. The van der Waals surface area contributed by atoms with Crippen molar-refractivity contribution in [1.29, 1.82) is 0 Å². The van der Waals surface area contributed by atoms with Crippen LogP contribution < -0.4 is 4.90 Å². The first-order valence-electron chi connectivity index (χ1n) is 8.92. The molecule has 4 rings (SSSR count). The first kappa shape index (κ1) is 18.6. The molecule has 0 amide bonds. The Labute approximate surface area is 168 Å². The lowest BCUT2D eigenvalue weighted by Gasteiger charge is -2.43. The monoisotopic (exact) mass is 406 g/mol.